The van der Waals surface area contributed by atoms with Crippen LogP contribution in [0.25, 0.3) is 0 Å². The first kappa shape index (κ1) is 26.4. The molecule has 2 atom stereocenters. The van der Waals surface area contributed by atoms with Crippen LogP contribution in [0, 0.1) is 28.6 Å². The van der Waals surface area contributed by atoms with Crippen molar-refractivity contribution < 1.29 is 0 Å². The smallest absolute Gasteiger partial charge is 0.0994 e. The standard InChI is InChI=1S/C25H43N5/c1-20(25(19-27)22(3)21(2)18-26)11-12-23-9-8-10-24(17-23)30(7)16-15-29(6)14-13-28(4)5/h23-24H,8-17H2,1-7H3/b22-21-,25-20+/t23-,24?/m0/s1. The maximum atomic E-state index is 9.57. The molecule has 0 bridgehead atoms. The highest BCUT2D eigenvalue weighted by molar-refractivity contribution is 5.49. The Labute approximate surface area is 185 Å². The summed E-state index contributed by atoms with van der Waals surface area (Å²) in [5, 5.41) is 18.7. The van der Waals surface area contributed by atoms with E-state index in [0.717, 1.165) is 56.1 Å². The van der Waals surface area contributed by atoms with Gasteiger partial charge in [-0.15, -0.1) is 0 Å². The van der Waals surface area contributed by atoms with Crippen LogP contribution in [0.2, 0.25) is 0 Å². The molecular formula is C25H43N5. The van der Waals surface area contributed by atoms with Crippen molar-refractivity contribution in [1.82, 2.24) is 14.7 Å². The summed E-state index contributed by atoms with van der Waals surface area (Å²) in [6.45, 7) is 10.2. The van der Waals surface area contributed by atoms with Crippen molar-refractivity contribution in [3.05, 3.63) is 22.3 Å². The van der Waals surface area contributed by atoms with Crippen LogP contribution in [0.5, 0.6) is 0 Å². The van der Waals surface area contributed by atoms with Gasteiger partial charge in [0, 0.05) is 37.8 Å². The first-order valence-corrected chi connectivity index (χ1v) is 11.4. The Morgan fingerprint density at radius 1 is 0.900 bits per heavy atom. The van der Waals surface area contributed by atoms with E-state index in [1.807, 2.05) is 6.92 Å². The van der Waals surface area contributed by atoms with Gasteiger partial charge in [0.05, 0.1) is 17.7 Å². The first-order chi connectivity index (χ1) is 14.2. The third-order valence-corrected chi connectivity index (χ3v) is 6.71. The first-order valence-electron chi connectivity index (χ1n) is 11.4. The zero-order valence-corrected chi connectivity index (χ0v) is 20.5. The minimum absolute atomic E-state index is 0.640. The quantitative estimate of drug-likeness (QED) is 0.370. The van der Waals surface area contributed by atoms with E-state index in [4.69, 9.17) is 5.26 Å². The largest absolute Gasteiger partial charge is 0.308 e. The fraction of sp³-hybridized carbons (Fsp3) is 0.760. The van der Waals surface area contributed by atoms with E-state index in [-0.39, 0.29) is 0 Å². The highest BCUT2D eigenvalue weighted by Gasteiger charge is 2.25. The van der Waals surface area contributed by atoms with E-state index in [1.165, 1.54) is 25.7 Å². The summed E-state index contributed by atoms with van der Waals surface area (Å²) < 4.78 is 0. The third-order valence-electron chi connectivity index (χ3n) is 6.71. The van der Waals surface area contributed by atoms with Gasteiger partial charge in [0.1, 0.15) is 0 Å². The van der Waals surface area contributed by atoms with Crippen LogP contribution in [0.1, 0.15) is 59.3 Å². The molecule has 0 aromatic heterocycles. The SMILES string of the molecule is C/C(C#N)=C(C)/C(C#N)=C(\C)CC[C@@H]1CCCC(N(C)CCN(C)CCN(C)C)C1. The van der Waals surface area contributed by atoms with Crippen LogP contribution in [0.4, 0.5) is 0 Å². The Morgan fingerprint density at radius 2 is 1.57 bits per heavy atom. The third kappa shape index (κ3) is 9.00. The summed E-state index contributed by atoms with van der Waals surface area (Å²) in [5.74, 6) is 0.730. The molecule has 0 N–H and O–H groups in total. The normalized spacial score (nSPS) is 21.3. The summed E-state index contributed by atoms with van der Waals surface area (Å²) in [4.78, 5) is 7.22. The second-order valence-electron chi connectivity index (χ2n) is 9.44. The second kappa shape index (κ2) is 13.6. The molecule has 1 rings (SSSR count). The van der Waals surface area contributed by atoms with Gasteiger partial charge in [-0.3, -0.25) is 0 Å². The molecule has 0 spiro atoms. The molecule has 30 heavy (non-hydrogen) atoms. The molecule has 0 aromatic rings. The van der Waals surface area contributed by atoms with Crippen LogP contribution < -0.4 is 0 Å². The summed E-state index contributed by atoms with van der Waals surface area (Å²) in [5.41, 5.74) is 3.31. The van der Waals surface area contributed by atoms with Crippen molar-refractivity contribution in [3.8, 4) is 12.1 Å². The zero-order chi connectivity index (χ0) is 22.7. The fourth-order valence-corrected chi connectivity index (χ4v) is 4.24. The molecule has 0 amide bonds. The minimum Gasteiger partial charge on any atom is -0.308 e. The number of nitrogens with zero attached hydrogens (tertiary/aromatic N) is 5. The molecule has 0 heterocycles. The molecule has 1 aliphatic carbocycles. The summed E-state index contributed by atoms with van der Waals surface area (Å²) in [6, 6.07) is 5.18. The molecule has 5 nitrogen and oxygen atoms in total. The van der Waals surface area contributed by atoms with Gasteiger partial charge in [0.15, 0.2) is 0 Å². The van der Waals surface area contributed by atoms with Gasteiger partial charge in [0.2, 0.25) is 0 Å². The van der Waals surface area contributed by atoms with Crippen molar-refractivity contribution in [2.45, 2.75) is 65.3 Å². The monoisotopic (exact) mass is 413 g/mol. The number of nitriles is 2. The molecule has 1 saturated carbocycles. The van der Waals surface area contributed by atoms with Gasteiger partial charge in [-0.25, -0.2) is 0 Å². The average molecular weight is 414 g/mol. The van der Waals surface area contributed by atoms with Crippen LogP contribution >= 0.6 is 0 Å². The van der Waals surface area contributed by atoms with Gasteiger partial charge in [-0.2, -0.15) is 10.5 Å². The van der Waals surface area contributed by atoms with Gasteiger partial charge >= 0.3 is 0 Å². The Hall–Kier alpha value is -1.66. The molecule has 1 unspecified atom stereocenters. The lowest BCUT2D eigenvalue weighted by molar-refractivity contribution is 0.139. The van der Waals surface area contributed by atoms with E-state index < -0.39 is 0 Å². The maximum absolute atomic E-state index is 9.57. The van der Waals surface area contributed by atoms with Crippen molar-refractivity contribution in [2.24, 2.45) is 5.92 Å². The predicted molar refractivity (Wildman–Crippen MR) is 126 cm³/mol. The van der Waals surface area contributed by atoms with Crippen molar-refractivity contribution in [1.29, 1.82) is 10.5 Å². The lowest BCUT2D eigenvalue weighted by Crippen LogP contribution is -2.41. The zero-order valence-electron chi connectivity index (χ0n) is 20.5. The molecule has 1 fully saturated rings. The Morgan fingerprint density at radius 3 is 2.17 bits per heavy atom. The van der Waals surface area contributed by atoms with Crippen molar-refractivity contribution in [2.75, 3.05) is 54.4 Å². The number of hydrogen-bond acceptors (Lipinski definition) is 5. The number of hydrogen-bond donors (Lipinski definition) is 0. The van der Waals surface area contributed by atoms with Crippen LogP contribution in [-0.4, -0.2) is 75.1 Å². The molecule has 0 aromatic carbocycles. The number of rotatable bonds is 11. The summed E-state index contributed by atoms with van der Waals surface area (Å²) >= 11 is 0. The molecule has 168 valence electrons. The van der Waals surface area contributed by atoms with Crippen LogP contribution in [0.15, 0.2) is 22.3 Å². The fourth-order valence-electron chi connectivity index (χ4n) is 4.24. The second-order valence-corrected chi connectivity index (χ2v) is 9.44. The molecule has 0 saturated heterocycles. The Bertz CT molecular complexity index is 677. The maximum Gasteiger partial charge on any atom is 0.0994 e. The molecule has 0 radical (unpaired) electrons. The number of likely N-dealkylation sites (N-methyl/N-ethyl adjacent to an activating group) is 3. The van der Waals surface area contributed by atoms with E-state index in [2.05, 4.69) is 62.0 Å². The highest BCUT2D eigenvalue weighted by Crippen LogP contribution is 2.32. The molecule has 5 heteroatoms. The van der Waals surface area contributed by atoms with Gasteiger partial charge in [0.25, 0.3) is 0 Å². The number of allylic oxidation sites excluding steroid dienone is 4. The molecule has 0 aliphatic heterocycles. The van der Waals surface area contributed by atoms with E-state index >= 15 is 0 Å². The summed E-state index contributed by atoms with van der Waals surface area (Å²) in [6.07, 6.45) is 7.26. The van der Waals surface area contributed by atoms with Gasteiger partial charge in [-0.1, -0.05) is 18.4 Å². The average Bonchev–Trinajstić information content (AvgIpc) is 2.74. The lowest BCUT2D eigenvalue weighted by atomic mass is 9.81. The highest BCUT2D eigenvalue weighted by atomic mass is 15.2. The van der Waals surface area contributed by atoms with Gasteiger partial charge < -0.3 is 14.7 Å². The predicted octanol–water partition coefficient (Wildman–Crippen LogP) is 4.45. The topological polar surface area (TPSA) is 57.3 Å². The molecular weight excluding hydrogens is 370 g/mol. The van der Waals surface area contributed by atoms with Crippen molar-refractivity contribution in [3.63, 3.8) is 0 Å². The van der Waals surface area contributed by atoms with Crippen LogP contribution in [-0.2, 0) is 0 Å². The van der Waals surface area contributed by atoms with E-state index in [9.17, 15) is 5.26 Å². The molecule has 1 aliphatic rings. The van der Waals surface area contributed by atoms with E-state index in [1.54, 1.807) is 6.92 Å². The Kier molecular flexibility index (Phi) is 12.0. The summed E-state index contributed by atoms with van der Waals surface area (Å²) in [7, 11) is 8.75. The van der Waals surface area contributed by atoms with Crippen molar-refractivity contribution >= 4 is 0 Å². The lowest BCUT2D eigenvalue weighted by Gasteiger charge is -2.36. The Balaban J connectivity index is 2.56. The van der Waals surface area contributed by atoms with E-state index in [0.29, 0.717) is 17.2 Å². The minimum atomic E-state index is 0.640. The van der Waals surface area contributed by atoms with Gasteiger partial charge in [-0.05, 0) is 86.1 Å². The van der Waals surface area contributed by atoms with Crippen LogP contribution in [0.3, 0.4) is 0 Å².